The third kappa shape index (κ3) is 3.04. The van der Waals surface area contributed by atoms with Crippen LogP contribution in [-0.4, -0.2) is 51.7 Å². The fourth-order valence-corrected chi connectivity index (χ4v) is 2.83. The van der Waals surface area contributed by atoms with Gasteiger partial charge < -0.3 is 4.90 Å². The maximum absolute atomic E-state index is 12.6. The number of hydrogen-bond acceptors (Lipinski definition) is 3. The smallest absolute Gasteiger partial charge is 0.257 e. The van der Waals surface area contributed by atoms with Gasteiger partial charge in [-0.15, -0.1) is 0 Å². The molecule has 5 nitrogen and oxygen atoms in total. The number of piperazine rings is 1. The minimum atomic E-state index is 0.102. The predicted molar refractivity (Wildman–Crippen MR) is 85.6 cm³/mol. The van der Waals surface area contributed by atoms with E-state index < -0.39 is 0 Å². The lowest BCUT2D eigenvalue weighted by atomic mass is 10.2. The van der Waals surface area contributed by atoms with Crippen LogP contribution in [0.5, 0.6) is 0 Å². The summed E-state index contributed by atoms with van der Waals surface area (Å²) >= 11 is 0. The van der Waals surface area contributed by atoms with Crippen LogP contribution in [0.25, 0.3) is 0 Å². The Morgan fingerprint density at radius 3 is 2.41 bits per heavy atom. The summed E-state index contributed by atoms with van der Waals surface area (Å²) in [6.07, 6.45) is 1.67. The summed E-state index contributed by atoms with van der Waals surface area (Å²) in [7, 11) is 1.86. The van der Waals surface area contributed by atoms with Crippen molar-refractivity contribution in [1.29, 1.82) is 0 Å². The van der Waals surface area contributed by atoms with E-state index in [1.165, 1.54) is 5.56 Å². The molecule has 0 N–H and O–H groups in total. The first-order chi connectivity index (χ1) is 10.6. The van der Waals surface area contributed by atoms with Crippen molar-refractivity contribution in [3.05, 3.63) is 53.3 Å². The van der Waals surface area contributed by atoms with Crippen LogP contribution >= 0.6 is 0 Å². The van der Waals surface area contributed by atoms with Crippen LogP contribution < -0.4 is 0 Å². The lowest BCUT2D eigenvalue weighted by Crippen LogP contribution is -2.48. The van der Waals surface area contributed by atoms with Crippen LogP contribution in [0.1, 0.15) is 21.6 Å². The highest BCUT2D eigenvalue weighted by atomic mass is 16.2. The van der Waals surface area contributed by atoms with Crippen molar-refractivity contribution in [2.75, 3.05) is 26.2 Å². The largest absolute Gasteiger partial charge is 0.336 e. The minimum absolute atomic E-state index is 0.102. The Balaban J connectivity index is 1.57. The first-order valence-corrected chi connectivity index (χ1v) is 7.69. The first-order valence-electron chi connectivity index (χ1n) is 7.69. The van der Waals surface area contributed by atoms with Crippen LogP contribution in [0, 0.1) is 6.92 Å². The van der Waals surface area contributed by atoms with Gasteiger partial charge in [-0.05, 0) is 12.5 Å². The molecule has 1 aliphatic rings. The molecule has 1 aromatic carbocycles. The number of aryl methyl sites for hydroxylation is 1. The normalized spacial score (nSPS) is 16.0. The van der Waals surface area contributed by atoms with E-state index in [1.54, 1.807) is 10.9 Å². The van der Waals surface area contributed by atoms with Crippen LogP contribution in [0.4, 0.5) is 0 Å². The molecule has 0 saturated carbocycles. The number of aromatic nitrogens is 2. The van der Waals surface area contributed by atoms with Crippen LogP contribution in [0.3, 0.4) is 0 Å². The van der Waals surface area contributed by atoms with Crippen molar-refractivity contribution in [2.45, 2.75) is 13.5 Å². The molecule has 116 valence electrons. The second-order valence-electron chi connectivity index (χ2n) is 5.82. The van der Waals surface area contributed by atoms with E-state index in [0.29, 0.717) is 0 Å². The molecule has 0 radical (unpaired) electrons. The quantitative estimate of drug-likeness (QED) is 0.866. The van der Waals surface area contributed by atoms with Gasteiger partial charge in [0.25, 0.3) is 5.91 Å². The maximum Gasteiger partial charge on any atom is 0.257 e. The number of rotatable bonds is 3. The molecule has 0 bridgehead atoms. The summed E-state index contributed by atoms with van der Waals surface area (Å²) in [5, 5.41) is 4.16. The van der Waals surface area contributed by atoms with Gasteiger partial charge in [0.2, 0.25) is 0 Å². The van der Waals surface area contributed by atoms with Gasteiger partial charge in [-0.25, -0.2) is 0 Å². The molecule has 0 unspecified atom stereocenters. The second kappa shape index (κ2) is 6.32. The van der Waals surface area contributed by atoms with Crippen molar-refractivity contribution in [3.8, 4) is 0 Å². The third-order valence-electron chi connectivity index (χ3n) is 4.37. The van der Waals surface area contributed by atoms with Gasteiger partial charge in [-0.1, -0.05) is 30.3 Å². The average Bonchev–Trinajstić information content (AvgIpc) is 2.88. The molecule has 2 aromatic rings. The SMILES string of the molecule is Cc1c(C(=O)N2CCN(Cc3ccccc3)CC2)cnn1C. The Morgan fingerprint density at radius 2 is 1.82 bits per heavy atom. The highest BCUT2D eigenvalue weighted by molar-refractivity contribution is 5.95. The topological polar surface area (TPSA) is 41.4 Å². The van der Waals surface area contributed by atoms with E-state index in [4.69, 9.17) is 0 Å². The van der Waals surface area contributed by atoms with Gasteiger partial charge in [-0.3, -0.25) is 14.4 Å². The van der Waals surface area contributed by atoms with E-state index in [2.05, 4.69) is 34.3 Å². The highest BCUT2D eigenvalue weighted by Crippen LogP contribution is 2.13. The molecular formula is C17H22N4O. The third-order valence-corrected chi connectivity index (χ3v) is 4.37. The Morgan fingerprint density at radius 1 is 1.14 bits per heavy atom. The average molecular weight is 298 g/mol. The van der Waals surface area contributed by atoms with Crippen molar-refractivity contribution in [2.24, 2.45) is 7.05 Å². The monoisotopic (exact) mass is 298 g/mol. The van der Waals surface area contributed by atoms with E-state index in [1.807, 2.05) is 24.9 Å². The highest BCUT2D eigenvalue weighted by Gasteiger charge is 2.24. The van der Waals surface area contributed by atoms with E-state index in [0.717, 1.165) is 44.0 Å². The minimum Gasteiger partial charge on any atom is -0.336 e. The molecule has 1 aromatic heterocycles. The number of benzene rings is 1. The summed E-state index contributed by atoms with van der Waals surface area (Å²) in [6.45, 7) is 6.28. The van der Waals surface area contributed by atoms with Crippen LogP contribution in [-0.2, 0) is 13.6 Å². The van der Waals surface area contributed by atoms with Crippen molar-refractivity contribution in [3.63, 3.8) is 0 Å². The van der Waals surface area contributed by atoms with Crippen LogP contribution in [0.2, 0.25) is 0 Å². The molecule has 1 saturated heterocycles. The molecule has 22 heavy (non-hydrogen) atoms. The zero-order valence-electron chi connectivity index (χ0n) is 13.2. The van der Waals surface area contributed by atoms with Gasteiger partial charge in [-0.2, -0.15) is 5.10 Å². The summed E-state index contributed by atoms with van der Waals surface area (Å²) in [5.74, 6) is 0.102. The van der Waals surface area contributed by atoms with Gasteiger partial charge in [0.05, 0.1) is 11.8 Å². The predicted octanol–water partition coefficient (Wildman–Crippen LogP) is 1.69. The lowest BCUT2D eigenvalue weighted by molar-refractivity contribution is 0.0627. The molecule has 5 heteroatoms. The van der Waals surface area contributed by atoms with Gasteiger partial charge >= 0.3 is 0 Å². The molecular weight excluding hydrogens is 276 g/mol. The van der Waals surface area contributed by atoms with E-state index in [-0.39, 0.29) is 5.91 Å². The van der Waals surface area contributed by atoms with Gasteiger partial charge in [0, 0.05) is 45.5 Å². The van der Waals surface area contributed by atoms with Gasteiger partial charge in [0.15, 0.2) is 0 Å². The van der Waals surface area contributed by atoms with Crippen molar-refractivity contribution >= 4 is 5.91 Å². The molecule has 0 atom stereocenters. The molecule has 0 spiro atoms. The van der Waals surface area contributed by atoms with Crippen LogP contribution in [0.15, 0.2) is 36.5 Å². The Hall–Kier alpha value is -2.14. The summed E-state index contributed by atoms with van der Waals surface area (Å²) in [6, 6.07) is 10.5. The van der Waals surface area contributed by atoms with Gasteiger partial charge in [0.1, 0.15) is 0 Å². The lowest BCUT2D eigenvalue weighted by Gasteiger charge is -2.34. The molecule has 2 heterocycles. The molecule has 1 amide bonds. The Bertz CT molecular complexity index is 642. The standard InChI is InChI=1S/C17H22N4O/c1-14-16(12-18-19(14)2)17(22)21-10-8-20(9-11-21)13-15-6-4-3-5-7-15/h3-7,12H,8-11,13H2,1-2H3. The van der Waals surface area contributed by atoms with Crippen molar-refractivity contribution < 1.29 is 4.79 Å². The number of nitrogens with zero attached hydrogens (tertiary/aromatic N) is 4. The summed E-state index contributed by atoms with van der Waals surface area (Å²) in [4.78, 5) is 16.9. The summed E-state index contributed by atoms with van der Waals surface area (Å²) < 4.78 is 1.75. The molecule has 1 fully saturated rings. The number of carbonyl (C=O) groups is 1. The molecule has 3 rings (SSSR count). The number of amides is 1. The second-order valence-corrected chi connectivity index (χ2v) is 5.82. The Kier molecular flexibility index (Phi) is 4.24. The fraction of sp³-hybridized carbons (Fsp3) is 0.412. The summed E-state index contributed by atoms with van der Waals surface area (Å²) in [5.41, 5.74) is 2.97. The zero-order chi connectivity index (χ0) is 15.5. The van der Waals surface area contributed by atoms with Crippen molar-refractivity contribution in [1.82, 2.24) is 19.6 Å². The first kappa shape index (κ1) is 14.8. The Labute approximate surface area is 131 Å². The maximum atomic E-state index is 12.6. The van der Waals surface area contributed by atoms with E-state index in [9.17, 15) is 4.79 Å². The molecule has 0 aliphatic carbocycles. The fourth-order valence-electron chi connectivity index (χ4n) is 2.83. The number of hydrogen-bond donors (Lipinski definition) is 0. The molecule has 1 aliphatic heterocycles. The van der Waals surface area contributed by atoms with E-state index >= 15 is 0 Å². The zero-order valence-corrected chi connectivity index (χ0v) is 13.2. The number of carbonyl (C=O) groups excluding carboxylic acids is 1.